The zero-order valence-corrected chi connectivity index (χ0v) is 14.5. The molecule has 1 amide bonds. The van der Waals surface area contributed by atoms with Gasteiger partial charge >= 0.3 is 0 Å². The van der Waals surface area contributed by atoms with Gasteiger partial charge in [-0.15, -0.1) is 11.3 Å². The Bertz CT molecular complexity index is 813. The Morgan fingerprint density at radius 3 is 2.83 bits per heavy atom. The molecule has 0 radical (unpaired) electrons. The highest BCUT2D eigenvalue weighted by atomic mass is 35.5. The molecule has 7 heteroatoms. The number of carbonyl (C=O) groups excluding carboxylic acids is 1. The summed E-state index contributed by atoms with van der Waals surface area (Å²) in [5, 5.41) is 4.26. The highest BCUT2D eigenvalue weighted by Crippen LogP contribution is 2.28. The smallest absolute Gasteiger partial charge is 0.258 e. The fourth-order valence-electron chi connectivity index (χ4n) is 2.01. The zero-order valence-electron chi connectivity index (χ0n) is 12.9. The maximum atomic E-state index is 11.9. The van der Waals surface area contributed by atoms with E-state index in [0.717, 1.165) is 21.3 Å². The van der Waals surface area contributed by atoms with E-state index in [9.17, 15) is 4.79 Å². The minimum Gasteiger partial charge on any atom is -0.484 e. The first kappa shape index (κ1) is 16.5. The number of nitrogens with zero attached hydrogens (tertiary/aromatic N) is 1. The van der Waals surface area contributed by atoms with E-state index in [0.29, 0.717) is 17.3 Å². The SMILES string of the molecule is Cc1nc(-c2ccco2)sc1CNC(=O)COc1ccc(Cl)cc1. The normalized spacial score (nSPS) is 10.6. The second-order valence-electron chi connectivity index (χ2n) is 5.02. The lowest BCUT2D eigenvalue weighted by Gasteiger charge is -2.07. The average molecular weight is 363 g/mol. The number of rotatable bonds is 6. The molecule has 0 bridgehead atoms. The van der Waals surface area contributed by atoms with Crippen LogP contribution in [0.15, 0.2) is 47.1 Å². The third-order valence-corrected chi connectivity index (χ3v) is 4.68. The molecule has 0 atom stereocenters. The van der Waals surface area contributed by atoms with Crippen LogP contribution in [-0.2, 0) is 11.3 Å². The summed E-state index contributed by atoms with van der Waals surface area (Å²) in [6.07, 6.45) is 1.61. The second-order valence-corrected chi connectivity index (χ2v) is 6.54. The first-order chi connectivity index (χ1) is 11.6. The van der Waals surface area contributed by atoms with Crippen molar-refractivity contribution in [2.75, 3.05) is 6.61 Å². The summed E-state index contributed by atoms with van der Waals surface area (Å²) in [7, 11) is 0. The summed E-state index contributed by atoms with van der Waals surface area (Å²) in [6, 6.07) is 10.6. The largest absolute Gasteiger partial charge is 0.484 e. The van der Waals surface area contributed by atoms with Crippen molar-refractivity contribution in [3.05, 3.63) is 58.3 Å². The number of furan rings is 1. The number of aryl methyl sites for hydroxylation is 1. The molecule has 1 N–H and O–H groups in total. The number of ether oxygens (including phenoxy) is 1. The zero-order chi connectivity index (χ0) is 16.9. The topological polar surface area (TPSA) is 64.4 Å². The Hall–Kier alpha value is -2.31. The predicted molar refractivity (Wildman–Crippen MR) is 93.3 cm³/mol. The number of hydrogen-bond donors (Lipinski definition) is 1. The quantitative estimate of drug-likeness (QED) is 0.718. The van der Waals surface area contributed by atoms with E-state index in [1.807, 2.05) is 19.1 Å². The Kier molecular flexibility index (Phi) is 5.17. The molecule has 0 fully saturated rings. The molecule has 24 heavy (non-hydrogen) atoms. The number of thiazole rings is 1. The predicted octanol–water partition coefficient (Wildman–Crippen LogP) is 4.06. The van der Waals surface area contributed by atoms with Gasteiger partial charge in [0.25, 0.3) is 5.91 Å². The summed E-state index contributed by atoms with van der Waals surface area (Å²) in [4.78, 5) is 17.4. The molecule has 0 saturated carbocycles. The van der Waals surface area contributed by atoms with E-state index >= 15 is 0 Å². The third-order valence-electron chi connectivity index (χ3n) is 3.25. The molecular weight excluding hydrogens is 348 g/mol. The van der Waals surface area contributed by atoms with Crippen molar-refractivity contribution < 1.29 is 13.9 Å². The molecule has 0 aliphatic rings. The van der Waals surface area contributed by atoms with E-state index < -0.39 is 0 Å². The fourth-order valence-corrected chi connectivity index (χ4v) is 3.10. The van der Waals surface area contributed by atoms with Gasteiger partial charge < -0.3 is 14.5 Å². The van der Waals surface area contributed by atoms with Crippen LogP contribution in [0.2, 0.25) is 5.02 Å². The highest BCUT2D eigenvalue weighted by molar-refractivity contribution is 7.15. The lowest BCUT2D eigenvalue weighted by Crippen LogP contribution is -2.28. The monoisotopic (exact) mass is 362 g/mol. The Morgan fingerprint density at radius 2 is 2.12 bits per heavy atom. The lowest BCUT2D eigenvalue weighted by molar-refractivity contribution is -0.123. The first-order valence-electron chi connectivity index (χ1n) is 7.27. The Balaban J connectivity index is 1.52. The van der Waals surface area contributed by atoms with Gasteiger partial charge in [0, 0.05) is 9.90 Å². The lowest BCUT2D eigenvalue weighted by atomic mass is 10.3. The molecule has 0 aliphatic carbocycles. The molecule has 0 saturated heterocycles. The van der Waals surface area contributed by atoms with Gasteiger partial charge in [-0.2, -0.15) is 0 Å². The standard InChI is InChI=1S/C17H15ClN2O3S/c1-11-15(24-17(20-11)14-3-2-8-22-14)9-19-16(21)10-23-13-6-4-12(18)5-7-13/h2-8H,9-10H2,1H3,(H,19,21). The van der Waals surface area contributed by atoms with Gasteiger partial charge in [0.15, 0.2) is 17.4 Å². The Labute approximate surface area is 148 Å². The molecule has 124 valence electrons. The summed E-state index contributed by atoms with van der Waals surface area (Å²) >= 11 is 7.30. The van der Waals surface area contributed by atoms with E-state index in [2.05, 4.69) is 10.3 Å². The first-order valence-corrected chi connectivity index (χ1v) is 8.46. The van der Waals surface area contributed by atoms with Crippen molar-refractivity contribution in [3.63, 3.8) is 0 Å². The summed E-state index contributed by atoms with van der Waals surface area (Å²) < 4.78 is 10.7. The summed E-state index contributed by atoms with van der Waals surface area (Å²) in [5.41, 5.74) is 0.880. The van der Waals surface area contributed by atoms with E-state index in [4.69, 9.17) is 20.8 Å². The second kappa shape index (κ2) is 7.51. The van der Waals surface area contributed by atoms with Crippen molar-refractivity contribution in [3.8, 4) is 16.5 Å². The molecule has 2 heterocycles. The number of amides is 1. The van der Waals surface area contributed by atoms with Crippen LogP contribution in [0.3, 0.4) is 0 Å². The van der Waals surface area contributed by atoms with E-state index in [-0.39, 0.29) is 12.5 Å². The molecule has 3 rings (SSSR count). The number of hydrogen-bond acceptors (Lipinski definition) is 5. The maximum absolute atomic E-state index is 11.9. The molecule has 0 spiro atoms. The van der Waals surface area contributed by atoms with Crippen molar-refractivity contribution in [2.45, 2.75) is 13.5 Å². The Morgan fingerprint density at radius 1 is 1.33 bits per heavy atom. The maximum Gasteiger partial charge on any atom is 0.258 e. The minimum atomic E-state index is -0.197. The van der Waals surface area contributed by atoms with E-state index in [1.54, 1.807) is 30.5 Å². The van der Waals surface area contributed by atoms with Crippen molar-refractivity contribution in [1.29, 1.82) is 0 Å². The molecule has 1 aromatic carbocycles. The van der Waals surface area contributed by atoms with Gasteiger partial charge in [0.2, 0.25) is 0 Å². The summed E-state index contributed by atoms with van der Waals surface area (Å²) in [6.45, 7) is 2.27. The highest BCUT2D eigenvalue weighted by Gasteiger charge is 2.12. The van der Waals surface area contributed by atoms with Crippen LogP contribution in [0, 0.1) is 6.92 Å². The van der Waals surface area contributed by atoms with Crippen molar-refractivity contribution >= 4 is 28.8 Å². The molecule has 2 aromatic heterocycles. The van der Waals surface area contributed by atoms with Crippen molar-refractivity contribution in [1.82, 2.24) is 10.3 Å². The van der Waals surface area contributed by atoms with Crippen molar-refractivity contribution in [2.24, 2.45) is 0 Å². The average Bonchev–Trinajstić information content (AvgIpc) is 3.22. The molecule has 0 aliphatic heterocycles. The third kappa shape index (κ3) is 4.15. The molecule has 5 nitrogen and oxygen atoms in total. The van der Waals surface area contributed by atoms with Crippen LogP contribution in [0.4, 0.5) is 0 Å². The van der Waals surface area contributed by atoms with Crippen LogP contribution >= 0.6 is 22.9 Å². The van der Waals surface area contributed by atoms with Gasteiger partial charge in [-0.3, -0.25) is 4.79 Å². The number of nitrogens with one attached hydrogen (secondary N) is 1. The van der Waals surface area contributed by atoms with Gasteiger partial charge in [-0.25, -0.2) is 4.98 Å². The number of halogens is 1. The van der Waals surface area contributed by atoms with Crippen LogP contribution in [0.25, 0.3) is 10.8 Å². The van der Waals surface area contributed by atoms with Crippen LogP contribution in [0.5, 0.6) is 5.75 Å². The minimum absolute atomic E-state index is 0.0511. The van der Waals surface area contributed by atoms with Gasteiger partial charge in [-0.05, 0) is 43.3 Å². The van der Waals surface area contributed by atoms with Gasteiger partial charge in [0.05, 0.1) is 18.5 Å². The van der Waals surface area contributed by atoms with E-state index in [1.165, 1.54) is 11.3 Å². The summed E-state index contributed by atoms with van der Waals surface area (Å²) in [5.74, 6) is 1.13. The molecule has 3 aromatic rings. The fraction of sp³-hybridized carbons (Fsp3) is 0.176. The molecular formula is C17H15ClN2O3S. The van der Waals surface area contributed by atoms with Gasteiger partial charge in [0.1, 0.15) is 5.75 Å². The number of carbonyl (C=O) groups is 1. The number of aromatic nitrogens is 1. The molecule has 0 unspecified atom stereocenters. The number of benzene rings is 1. The van der Waals surface area contributed by atoms with Gasteiger partial charge in [-0.1, -0.05) is 11.6 Å². The van der Waals surface area contributed by atoms with Crippen LogP contribution < -0.4 is 10.1 Å². The van der Waals surface area contributed by atoms with Crippen LogP contribution in [0.1, 0.15) is 10.6 Å². The van der Waals surface area contributed by atoms with Crippen LogP contribution in [-0.4, -0.2) is 17.5 Å².